The molecule has 0 aromatic rings. The van der Waals surface area contributed by atoms with Crippen LogP contribution in [0.3, 0.4) is 0 Å². The second kappa shape index (κ2) is 4.94. The van der Waals surface area contributed by atoms with E-state index in [1.54, 1.807) is 0 Å². The van der Waals surface area contributed by atoms with Crippen LogP contribution in [0.5, 0.6) is 0 Å². The second-order valence-corrected chi connectivity index (χ2v) is 6.57. The van der Waals surface area contributed by atoms with Crippen molar-refractivity contribution in [3.8, 4) is 0 Å². The highest BCUT2D eigenvalue weighted by Crippen LogP contribution is 2.20. The highest BCUT2D eigenvalue weighted by molar-refractivity contribution is 6.64. The smallest absolute Gasteiger partial charge is 0.0356 e. The maximum atomic E-state index is 5.53. The molecule has 2 atom stereocenters. The van der Waals surface area contributed by atoms with Gasteiger partial charge in [-0.15, -0.1) is 0 Å². The molecule has 0 aliphatic carbocycles. The summed E-state index contributed by atoms with van der Waals surface area (Å²) in [5, 5.41) is 0.177. The Morgan fingerprint density at radius 3 is 2.27 bits per heavy atom. The summed E-state index contributed by atoms with van der Waals surface area (Å²) in [7, 11) is 1.05. The first kappa shape index (κ1) is 11.2. The molecule has 0 N–H and O–H groups in total. The Hall–Kier alpha value is 0.177. The van der Waals surface area contributed by atoms with E-state index in [1.807, 2.05) is 7.11 Å². The Morgan fingerprint density at radius 1 is 1.45 bits per heavy atom. The number of hydrogen-bond acceptors (Lipinski definition) is 1. The van der Waals surface area contributed by atoms with Crippen molar-refractivity contribution in [3.05, 3.63) is 6.04 Å². The van der Waals surface area contributed by atoms with Crippen LogP contribution >= 0.6 is 0 Å². The molecule has 0 aliphatic rings. The summed E-state index contributed by atoms with van der Waals surface area (Å²) in [4.78, 5) is 0. The number of rotatable bonds is 5. The van der Waals surface area contributed by atoms with Gasteiger partial charge in [-0.3, -0.25) is 0 Å². The first-order valence-corrected chi connectivity index (χ1v) is 6.89. The Kier molecular flexibility index (Phi) is 5.02. The number of hydrogen-bond donors (Lipinski definition) is 0. The molecule has 11 heavy (non-hydrogen) atoms. The molecule has 0 heterocycles. The number of methoxy groups -OCH3 is 1. The largest absolute Gasteiger partial charge is 0.385 e. The molecule has 2 heteroatoms. The molecule has 0 spiro atoms. The quantitative estimate of drug-likeness (QED) is 0.458. The molecule has 0 aliphatic heterocycles. The van der Waals surface area contributed by atoms with E-state index >= 15 is 0 Å². The van der Waals surface area contributed by atoms with Crippen LogP contribution in [0.25, 0.3) is 0 Å². The average molecular weight is 173 g/mol. The van der Waals surface area contributed by atoms with Crippen molar-refractivity contribution in [1.29, 1.82) is 0 Å². The lowest BCUT2D eigenvalue weighted by molar-refractivity contribution is 0.0698. The Bertz CT molecular complexity index is 99.7. The summed E-state index contributed by atoms with van der Waals surface area (Å²) < 4.78 is 5.53. The summed E-state index contributed by atoms with van der Waals surface area (Å²) >= 11 is 0. The van der Waals surface area contributed by atoms with Crippen LogP contribution in [0.1, 0.15) is 33.6 Å². The van der Waals surface area contributed by atoms with Gasteiger partial charge in [-0.05, 0) is 13.3 Å². The zero-order valence-corrected chi connectivity index (χ0v) is 9.63. The summed E-state index contributed by atoms with van der Waals surface area (Å²) in [5.74, 6) is 0. The maximum Gasteiger partial charge on any atom is 0.0356 e. The van der Waals surface area contributed by atoms with Crippen molar-refractivity contribution in [3.63, 3.8) is 0 Å². The van der Waals surface area contributed by atoms with Gasteiger partial charge in [0.05, 0.1) is 0 Å². The third-order valence-electron chi connectivity index (χ3n) is 2.72. The third kappa shape index (κ3) is 2.95. The highest BCUT2D eigenvalue weighted by atomic mass is 28.3. The third-order valence-corrected chi connectivity index (χ3v) is 6.47. The van der Waals surface area contributed by atoms with Crippen LogP contribution in [0.4, 0.5) is 0 Å². The molecule has 0 radical (unpaired) electrons. The van der Waals surface area contributed by atoms with E-state index in [1.165, 1.54) is 6.42 Å². The van der Waals surface area contributed by atoms with E-state index in [9.17, 15) is 0 Å². The fraction of sp³-hybridized carbons (Fsp3) is 0.889. The molecular formula is C9H21OSi-. The first-order valence-electron chi connectivity index (χ1n) is 4.49. The topological polar surface area (TPSA) is 9.23 Å². The van der Waals surface area contributed by atoms with E-state index < -0.39 is 8.80 Å². The van der Waals surface area contributed by atoms with Gasteiger partial charge in [0.1, 0.15) is 0 Å². The molecule has 0 aromatic heterocycles. The summed E-state index contributed by atoms with van der Waals surface area (Å²) in [6.45, 7) is 9.00. The standard InChI is InChI=1S/C9H21OSi/c1-6-8-11(5)9(3,7-2)10-4/h8,11H,6-7H2,1-5H3/q-1. The lowest BCUT2D eigenvalue weighted by Gasteiger charge is -2.38. The zero-order chi connectivity index (χ0) is 8.91. The lowest BCUT2D eigenvalue weighted by atomic mass is 10.3. The van der Waals surface area contributed by atoms with Crippen molar-refractivity contribution in [2.45, 2.75) is 45.4 Å². The normalized spacial score (nSPS) is 19.4. The van der Waals surface area contributed by atoms with Crippen molar-refractivity contribution in [1.82, 2.24) is 0 Å². The summed E-state index contributed by atoms with van der Waals surface area (Å²) in [6.07, 6.45) is 2.32. The molecule has 2 unspecified atom stereocenters. The molecule has 68 valence electrons. The molecule has 0 fully saturated rings. The molecule has 0 amide bonds. The van der Waals surface area contributed by atoms with Gasteiger partial charge in [0.15, 0.2) is 0 Å². The van der Waals surface area contributed by atoms with E-state index in [2.05, 4.69) is 33.4 Å². The lowest BCUT2D eigenvalue weighted by Crippen LogP contribution is -2.42. The average Bonchev–Trinajstić information content (AvgIpc) is 2.03. The van der Waals surface area contributed by atoms with Gasteiger partial charge in [0.2, 0.25) is 0 Å². The van der Waals surface area contributed by atoms with Gasteiger partial charge < -0.3 is 10.8 Å². The van der Waals surface area contributed by atoms with Crippen molar-refractivity contribution < 1.29 is 4.74 Å². The van der Waals surface area contributed by atoms with Gasteiger partial charge in [0.25, 0.3) is 0 Å². The van der Waals surface area contributed by atoms with Crippen molar-refractivity contribution in [2.24, 2.45) is 0 Å². The van der Waals surface area contributed by atoms with E-state index in [0.717, 1.165) is 6.42 Å². The monoisotopic (exact) mass is 173 g/mol. The van der Waals surface area contributed by atoms with Crippen molar-refractivity contribution >= 4 is 8.80 Å². The van der Waals surface area contributed by atoms with Crippen LogP contribution in [-0.4, -0.2) is 21.1 Å². The molecule has 0 saturated heterocycles. The van der Waals surface area contributed by atoms with Crippen LogP contribution in [-0.2, 0) is 4.74 Å². The number of ether oxygens (including phenoxy) is 1. The first-order chi connectivity index (χ1) is 5.10. The molecular weight excluding hydrogens is 152 g/mol. The van der Waals surface area contributed by atoms with Crippen LogP contribution < -0.4 is 0 Å². The van der Waals surface area contributed by atoms with Gasteiger partial charge in [-0.1, -0.05) is 29.2 Å². The van der Waals surface area contributed by atoms with Gasteiger partial charge in [-0.2, -0.15) is 6.42 Å². The molecule has 1 nitrogen and oxygen atoms in total. The van der Waals surface area contributed by atoms with Gasteiger partial charge >= 0.3 is 0 Å². The predicted octanol–water partition coefficient (Wildman–Crippen LogP) is 2.35. The van der Waals surface area contributed by atoms with Crippen LogP contribution in [0, 0.1) is 6.04 Å². The minimum absolute atomic E-state index is 0.177. The summed E-state index contributed by atoms with van der Waals surface area (Å²) in [6, 6.07) is 2.45. The Morgan fingerprint density at radius 2 is 2.00 bits per heavy atom. The molecule has 0 aromatic carbocycles. The van der Waals surface area contributed by atoms with E-state index in [-0.39, 0.29) is 5.22 Å². The molecule has 0 bridgehead atoms. The second-order valence-electron chi connectivity index (χ2n) is 3.30. The summed E-state index contributed by atoms with van der Waals surface area (Å²) in [5.41, 5.74) is 0. The van der Waals surface area contributed by atoms with Crippen LogP contribution in [0.2, 0.25) is 6.55 Å². The maximum absolute atomic E-state index is 5.53. The minimum atomic E-state index is -0.779. The Balaban J connectivity index is 4.00. The molecule has 0 saturated carbocycles. The SMILES string of the molecule is CC[CH-][SiH](C)C(C)(CC)OC. The zero-order valence-electron chi connectivity index (χ0n) is 8.48. The minimum Gasteiger partial charge on any atom is -0.385 e. The Labute approximate surface area is 72.7 Å². The van der Waals surface area contributed by atoms with E-state index in [0.29, 0.717) is 0 Å². The fourth-order valence-electron chi connectivity index (χ4n) is 1.26. The van der Waals surface area contributed by atoms with Crippen molar-refractivity contribution in [2.75, 3.05) is 7.11 Å². The predicted molar refractivity (Wildman–Crippen MR) is 53.3 cm³/mol. The van der Waals surface area contributed by atoms with E-state index in [4.69, 9.17) is 4.74 Å². The van der Waals surface area contributed by atoms with Crippen LogP contribution in [0.15, 0.2) is 0 Å². The highest BCUT2D eigenvalue weighted by Gasteiger charge is 2.22. The molecule has 0 rings (SSSR count). The van der Waals surface area contributed by atoms with Gasteiger partial charge in [0, 0.05) is 12.3 Å². The van der Waals surface area contributed by atoms with Gasteiger partial charge in [-0.25, -0.2) is 0 Å². The fourth-order valence-corrected chi connectivity index (χ4v) is 3.48.